The van der Waals surface area contributed by atoms with Crippen LogP contribution in [0.25, 0.3) is 0 Å². The zero-order chi connectivity index (χ0) is 13.9. The summed E-state index contributed by atoms with van der Waals surface area (Å²) in [4.78, 5) is 6.74. The smallest absolute Gasteiger partial charge is 0.194 e. The van der Waals surface area contributed by atoms with Crippen molar-refractivity contribution in [2.24, 2.45) is 4.99 Å². The van der Waals surface area contributed by atoms with Crippen LogP contribution in [0, 0.1) is 6.92 Å². The first-order valence-corrected chi connectivity index (χ1v) is 7.43. The third-order valence-electron chi connectivity index (χ3n) is 4.02. The van der Waals surface area contributed by atoms with Gasteiger partial charge in [-0.1, -0.05) is 24.3 Å². The molecule has 20 heavy (non-hydrogen) atoms. The third-order valence-corrected chi connectivity index (χ3v) is 4.02. The van der Waals surface area contributed by atoms with Crippen molar-refractivity contribution < 1.29 is 4.74 Å². The fourth-order valence-electron chi connectivity index (χ4n) is 2.69. The predicted octanol–water partition coefficient (Wildman–Crippen LogP) is 2.11. The molecule has 4 nitrogen and oxygen atoms in total. The molecule has 2 fully saturated rings. The summed E-state index contributed by atoms with van der Waals surface area (Å²) in [6.45, 7) is 4.69. The number of benzene rings is 1. The molecular formula is C16H23N3O. The Bertz CT molecular complexity index is 496. The second kappa shape index (κ2) is 5.83. The standard InChI is InChI=1S/C16H23N3O/c1-12-5-3-4-6-14(12)15-11-19(9-10-20-15)16(17-2)18-13-7-8-13/h3-6,13,15H,7-11H2,1-2H3,(H,17,18). The number of aliphatic imine (C=N–C) groups is 1. The first-order valence-electron chi connectivity index (χ1n) is 7.43. The van der Waals surface area contributed by atoms with Gasteiger partial charge in [0.2, 0.25) is 0 Å². The summed E-state index contributed by atoms with van der Waals surface area (Å²) in [7, 11) is 1.86. The fraction of sp³-hybridized carbons (Fsp3) is 0.562. The average molecular weight is 273 g/mol. The highest BCUT2D eigenvalue weighted by Crippen LogP contribution is 2.25. The number of guanidine groups is 1. The maximum atomic E-state index is 5.97. The summed E-state index contributed by atoms with van der Waals surface area (Å²) in [5.74, 6) is 1.02. The fourth-order valence-corrected chi connectivity index (χ4v) is 2.69. The van der Waals surface area contributed by atoms with Gasteiger partial charge in [-0.05, 0) is 30.9 Å². The molecule has 1 unspecified atom stereocenters. The van der Waals surface area contributed by atoms with Crippen molar-refractivity contribution in [2.45, 2.75) is 31.9 Å². The Morgan fingerprint density at radius 1 is 1.35 bits per heavy atom. The molecule has 1 saturated heterocycles. The second-order valence-corrected chi connectivity index (χ2v) is 5.63. The molecule has 1 aromatic carbocycles. The second-order valence-electron chi connectivity index (χ2n) is 5.63. The van der Waals surface area contributed by atoms with Gasteiger partial charge < -0.3 is 15.0 Å². The monoisotopic (exact) mass is 273 g/mol. The summed E-state index contributed by atoms with van der Waals surface area (Å²) in [6, 6.07) is 9.11. The first-order chi connectivity index (χ1) is 9.78. The molecular weight excluding hydrogens is 250 g/mol. The van der Waals surface area contributed by atoms with E-state index < -0.39 is 0 Å². The molecule has 1 aliphatic heterocycles. The Morgan fingerprint density at radius 2 is 2.15 bits per heavy atom. The molecule has 0 amide bonds. The van der Waals surface area contributed by atoms with Gasteiger partial charge in [-0.2, -0.15) is 0 Å². The van der Waals surface area contributed by atoms with Crippen molar-refractivity contribution in [3.05, 3.63) is 35.4 Å². The van der Waals surface area contributed by atoms with Gasteiger partial charge in [-0.25, -0.2) is 0 Å². The molecule has 4 heteroatoms. The lowest BCUT2D eigenvalue weighted by molar-refractivity contribution is -0.00834. The Labute approximate surface area is 120 Å². The summed E-state index contributed by atoms with van der Waals surface area (Å²) in [6.07, 6.45) is 2.68. The molecule has 0 aromatic heterocycles. The van der Waals surface area contributed by atoms with Gasteiger partial charge in [0.05, 0.1) is 13.2 Å². The normalized spacial score (nSPS) is 23.8. The topological polar surface area (TPSA) is 36.9 Å². The van der Waals surface area contributed by atoms with Crippen LogP contribution in [0.15, 0.2) is 29.3 Å². The molecule has 1 N–H and O–H groups in total. The number of hydrogen-bond acceptors (Lipinski definition) is 2. The molecule has 1 heterocycles. The number of morpholine rings is 1. The Balaban J connectivity index is 1.71. The van der Waals surface area contributed by atoms with Crippen molar-refractivity contribution in [1.82, 2.24) is 10.2 Å². The molecule has 1 aromatic rings. The highest BCUT2D eigenvalue weighted by atomic mass is 16.5. The largest absolute Gasteiger partial charge is 0.370 e. The van der Waals surface area contributed by atoms with Crippen LogP contribution in [0.1, 0.15) is 30.1 Å². The molecule has 0 spiro atoms. The van der Waals surface area contributed by atoms with E-state index in [1.807, 2.05) is 7.05 Å². The van der Waals surface area contributed by atoms with Gasteiger partial charge >= 0.3 is 0 Å². The van der Waals surface area contributed by atoms with E-state index in [9.17, 15) is 0 Å². The highest BCUT2D eigenvalue weighted by molar-refractivity contribution is 5.80. The van der Waals surface area contributed by atoms with Gasteiger partial charge in [0.15, 0.2) is 5.96 Å². The van der Waals surface area contributed by atoms with E-state index in [1.54, 1.807) is 0 Å². The number of nitrogens with one attached hydrogen (secondary N) is 1. The third kappa shape index (κ3) is 2.96. The van der Waals surface area contributed by atoms with Crippen LogP contribution in [0.3, 0.4) is 0 Å². The van der Waals surface area contributed by atoms with Crippen LogP contribution in [0.5, 0.6) is 0 Å². The summed E-state index contributed by atoms with van der Waals surface area (Å²) in [5, 5.41) is 3.52. The Kier molecular flexibility index (Phi) is 3.92. The van der Waals surface area contributed by atoms with Crippen molar-refractivity contribution in [1.29, 1.82) is 0 Å². The summed E-state index contributed by atoms with van der Waals surface area (Å²) >= 11 is 0. The molecule has 1 atom stereocenters. The van der Waals surface area contributed by atoms with Crippen molar-refractivity contribution in [2.75, 3.05) is 26.7 Å². The first kappa shape index (κ1) is 13.4. The lowest BCUT2D eigenvalue weighted by atomic mass is 10.0. The maximum absolute atomic E-state index is 5.97. The van der Waals surface area contributed by atoms with E-state index in [0.29, 0.717) is 6.04 Å². The van der Waals surface area contributed by atoms with Gasteiger partial charge in [0.1, 0.15) is 6.10 Å². The van der Waals surface area contributed by atoms with Crippen molar-refractivity contribution in [3.8, 4) is 0 Å². The van der Waals surface area contributed by atoms with Crippen LogP contribution in [-0.2, 0) is 4.74 Å². The number of aryl methyl sites for hydroxylation is 1. The Morgan fingerprint density at radius 3 is 2.85 bits per heavy atom. The van der Waals surface area contributed by atoms with Gasteiger partial charge in [0.25, 0.3) is 0 Å². The minimum atomic E-state index is 0.141. The summed E-state index contributed by atoms with van der Waals surface area (Å²) in [5.41, 5.74) is 2.59. The highest BCUT2D eigenvalue weighted by Gasteiger charge is 2.28. The van der Waals surface area contributed by atoms with Gasteiger partial charge in [-0.3, -0.25) is 4.99 Å². The van der Waals surface area contributed by atoms with Crippen molar-refractivity contribution in [3.63, 3.8) is 0 Å². The lowest BCUT2D eigenvalue weighted by Crippen LogP contribution is -2.48. The summed E-state index contributed by atoms with van der Waals surface area (Å²) < 4.78 is 5.97. The van der Waals surface area contributed by atoms with Crippen LogP contribution in [-0.4, -0.2) is 43.6 Å². The zero-order valence-corrected chi connectivity index (χ0v) is 12.3. The molecule has 1 saturated carbocycles. The number of rotatable bonds is 2. The van der Waals surface area contributed by atoms with Crippen LogP contribution < -0.4 is 5.32 Å². The molecule has 108 valence electrons. The van der Waals surface area contributed by atoms with Crippen LogP contribution >= 0.6 is 0 Å². The molecule has 0 radical (unpaired) electrons. The minimum absolute atomic E-state index is 0.141. The lowest BCUT2D eigenvalue weighted by Gasteiger charge is -2.35. The zero-order valence-electron chi connectivity index (χ0n) is 12.3. The quantitative estimate of drug-likeness (QED) is 0.662. The van der Waals surface area contributed by atoms with Crippen LogP contribution in [0.2, 0.25) is 0 Å². The SMILES string of the molecule is CN=C(NC1CC1)N1CCOC(c2ccccc2C)C1. The van der Waals surface area contributed by atoms with E-state index in [4.69, 9.17) is 4.74 Å². The molecule has 1 aliphatic carbocycles. The number of nitrogens with zero attached hydrogens (tertiary/aromatic N) is 2. The molecule has 0 bridgehead atoms. The Hall–Kier alpha value is -1.55. The predicted molar refractivity (Wildman–Crippen MR) is 81.0 cm³/mol. The van der Waals surface area contributed by atoms with E-state index in [1.165, 1.54) is 24.0 Å². The molecule has 3 rings (SSSR count). The van der Waals surface area contributed by atoms with E-state index in [-0.39, 0.29) is 6.10 Å². The van der Waals surface area contributed by atoms with Gasteiger partial charge in [-0.15, -0.1) is 0 Å². The number of hydrogen-bond donors (Lipinski definition) is 1. The number of ether oxygens (including phenoxy) is 1. The van der Waals surface area contributed by atoms with E-state index in [2.05, 4.69) is 46.4 Å². The van der Waals surface area contributed by atoms with Gasteiger partial charge in [0, 0.05) is 19.6 Å². The van der Waals surface area contributed by atoms with Crippen LogP contribution in [0.4, 0.5) is 0 Å². The maximum Gasteiger partial charge on any atom is 0.194 e. The van der Waals surface area contributed by atoms with E-state index >= 15 is 0 Å². The van der Waals surface area contributed by atoms with E-state index in [0.717, 1.165) is 25.7 Å². The average Bonchev–Trinajstić information content (AvgIpc) is 3.29. The minimum Gasteiger partial charge on any atom is -0.370 e. The van der Waals surface area contributed by atoms with Crippen molar-refractivity contribution >= 4 is 5.96 Å². The molecule has 2 aliphatic rings.